The van der Waals surface area contributed by atoms with Crippen LogP contribution in [0.1, 0.15) is 166 Å². The van der Waals surface area contributed by atoms with Gasteiger partial charge in [0.15, 0.2) is 0 Å². The summed E-state index contributed by atoms with van der Waals surface area (Å²) in [6, 6.07) is -1.33. The van der Waals surface area contributed by atoms with Crippen molar-refractivity contribution in [1.29, 1.82) is 0 Å². The van der Waals surface area contributed by atoms with E-state index in [0.717, 1.165) is 12.8 Å². The van der Waals surface area contributed by atoms with E-state index in [-0.39, 0.29) is 171 Å². The Bertz CT molecular complexity index is 1960. The first-order valence-corrected chi connectivity index (χ1v) is 30.1. The fourth-order valence-corrected chi connectivity index (χ4v) is 7.36. The molecule has 492 valence electrons. The van der Waals surface area contributed by atoms with E-state index in [1.165, 1.54) is 0 Å². The van der Waals surface area contributed by atoms with Crippen molar-refractivity contribution in [2.45, 2.75) is 189 Å². The van der Waals surface area contributed by atoms with Crippen molar-refractivity contribution in [2.75, 3.05) is 98.7 Å². The number of ether oxygens (including phenoxy) is 4. The van der Waals surface area contributed by atoms with E-state index < -0.39 is 35.0 Å². The molecule has 0 rings (SSSR count). The Kier molecular flexibility index (Phi) is 47.8. The minimum absolute atomic E-state index is 0.0182. The monoisotopic (exact) mass is 1220 g/mol. The SMILES string of the molecule is C/C(=N\O)C(C)(C)NCC(CNC(C)(C)/C(C)=N/O)NC(=O)CCCC(=O)N[C@@H](CCCCNC(=O)CCCC(=O)NCCOCCOCC(=O)NCCOCCOCC(=O)NCCCC[C@H](C)C(N)=O)C(=O)NCCCC[C@H](C)C(N)=O.CC. The number of oxime groups is 2. The van der Waals surface area contributed by atoms with E-state index >= 15 is 0 Å². The standard InChI is InChI=1S/C55H103N13O15.C2H6/c1-39(51(56)75)17-9-12-25-59-49(73)37-82-33-32-81-30-28-61-50(74)38-83-34-31-80-29-27-60-46(70)21-15-20-45(69)58-24-14-11-19-44(53(77)62-26-13-10-18-40(2)52(57)76)66-48(72)23-16-22-47(71)65-43(35-63-54(5,6)41(3)67-78)36-64-55(7,8)42(4)68-79;1-2/h39-40,43-44,63-64,78-79H,9-38H2,1-8H3,(H2,56,75)(H2,57,76)(H,58,69)(H,59,73)(H,60,70)(H,61,74)(H,62,77)(H,65,71)(H,66,72);1-2H3/b67-41+,68-42+;/t39-,40-,44-;/m0./s1. The number of primary amides is 2. The van der Waals surface area contributed by atoms with Crippen LogP contribution in [-0.2, 0) is 62.1 Å². The van der Waals surface area contributed by atoms with Crippen LogP contribution in [0.4, 0.5) is 0 Å². The lowest BCUT2D eigenvalue weighted by molar-refractivity contribution is -0.129. The first-order chi connectivity index (χ1) is 40.3. The molecule has 28 nitrogen and oxygen atoms in total. The highest BCUT2D eigenvalue weighted by Crippen LogP contribution is 2.11. The van der Waals surface area contributed by atoms with Crippen LogP contribution in [0.5, 0.6) is 0 Å². The van der Waals surface area contributed by atoms with Crippen molar-refractivity contribution in [3.63, 3.8) is 0 Å². The summed E-state index contributed by atoms with van der Waals surface area (Å²) in [7, 11) is 0. The predicted octanol–water partition coefficient (Wildman–Crippen LogP) is 1.16. The minimum Gasteiger partial charge on any atom is -0.411 e. The van der Waals surface area contributed by atoms with Gasteiger partial charge in [0.05, 0.1) is 68.2 Å². The Morgan fingerprint density at radius 1 is 0.447 bits per heavy atom. The van der Waals surface area contributed by atoms with Gasteiger partial charge in [0.1, 0.15) is 19.3 Å². The number of rotatable bonds is 52. The van der Waals surface area contributed by atoms with E-state index in [9.17, 15) is 53.6 Å². The molecule has 3 atom stereocenters. The number of hydrogen-bond acceptors (Lipinski definition) is 19. The van der Waals surface area contributed by atoms with E-state index in [1.54, 1.807) is 27.7 Å². The van der Waals surface area contributed by atoms with Crippen LogP contribution < -0.4 is 59.3 Å². The number of carbonyl (C=O) groups excluding carboxylic acids is 9. The zero-order valence-electron chi connectivity index (χ0n) is 52.8. The molecule has 0 aromatic rings. The molecule has 0 saturated heterocycles. The molecule has 9 amide bonds. The zero-order chi connectivity index (χ0) is 64.5. The maximum Gasteiger partial charge on any atom is 0.246 e. The number of nitrogens with one attached hydrogen (secondary N) is 9. The molecule has 0 aliphatic carbocycles. The highest BCUT2D eigenvalue weighted by Gasteiger charge is 2.27. The molecule has 15 N–H and O–H groups in total. The summed E-state index contributed by atoms with van der Waals surface area (Å²) >= 11 is 0. The first kappa shape index (κ1) is 81.0. The summed E-state index contributed by atoms with van der Waals surface area (Å²) in [4.78, 5) is 111. The molecule has 0 fully saturated rings. The number of hydrogen-bond donors (Lipinski definition) is 13. The highest BCUT2D eigenvalue weighted by molar-refractivity contribution is 5.91. The Labute approximate surface area is 504 Å². The van der Waals surface area contributed by atoms with Crippen molar-refractivity contribution in [2.24, 2.45) is 33.6 Å². The maximum atomic E-state index is 13.3. The highest BCUT2D eigenvalue weighted by atomic mass is 16.5. The summed E-state index contributed by atoms with van der Waals surface area (Å²) in [5, 5.41) is 51.5. The van der Waals surface area contributed by atoms with Crippen LogP contribution in [-0.4, -0.2) is 197 Å². The van der Waals surface area contributed by atoms with Crippen LogP contribution in [0.15, 0.2) is 10.3 Å². The molecule has 0 bridgehead atoms. The third-order valence-electron chi connectivity index (χ3n) is 13.6. The largest absolute Gasteiger partial charge is 0.411 e. The van der Waals surface area contributed by atoms with Crippen LogP contribution >= 0.6 is 0 Å². The van der Waals surface area contributed by atoms with Crippen LogP contribution in [0, 0.1) is 11.8 Å². The first-order valence-electron chi connectivity index (χ1n) is 30.1. The fourth-order valence-electron chi connectivity index (χ4n) is 7.36. The maximum absolute atomic E-state index is 13.3. The molecule has 0 aliphatic heterocycles. The fraction of sp³-hybridized carbons (Fsp3) is 0.807. The molecule has 0 aromatic carbocycles. The molecule has 0 unspecified atom stereocenters. The summed E-state index contributed by atoms with van der Waals surface area (Å²) in [6.07, 6.45) is 6.09. The predicted molar refractivity (Wildman–Crippen MR) is 323 cm³/mol. The summed E-state index contributed by atoms with van der Waals surface area (Å²) in [5.41, 5.74) is 10.1. The molecule has 0 aliphatic rings. The normalized spacial score (nSPS) is 13.2. The topological polar surface area (TPSA) is 416 Å². The van der Waals surface area contributed by atoms with Crippen molar-refractivity contribution in [3.05, 3.63) is 0 Å². The summed E-state index contributed by atoms with van der Waals surface area (Å²) < 4.78 is 21.4. The molecule has 0 saturated carbocycles. The second-order valence-electron chi connectivity index (χ2n) is 21.6. The van der Waals surface area contributed by atoms with E-state index in [1.807, 2.05) is 41.5 Å². The Morgan fingerprint density at radius 2 is 0.800 bits per heavy atom. The van der Waals surface area contributed by atoms with E-state index in [2.05, 4.69) is 58.2 Å². The molecule has 0 radical (unpaired) electrons. The van der Waals surface area contributed by atoms with Gasteiger partial charge in [-0.05, 0) is 99.3 Å². The number of nitrogens with zero attached hydrogens (tertiary/aromatic N) is 2. The van der Waals surface area contributed by atoms with E-state index in [0.29, 0.717) is 76.0 Å². The van der Waals surface area contributed by atoms with E-state index in [4.69, 9.17) is 30.4 Å². The van der Waals surface area contributed by atoms with Crippen LogP contribution in [0.3, 0.4) is 0 Å². The summed E-state index contributed by atoms with van der Waals surface area (Å²) in [6.45, 7) is 21.5. The lowest BCUT2D eigenvalue weighted by Crippen LogP contribution is -2.57. The van der Waals surface area contributed by atoms with Crippen molar-refractivity contribution >= 4 is 64.6 Å². The van der Waals surface area contributed by atoms with Gasteiger partial charge in [-0.2, -0.15) is 0 Å². The average Bonchev–Trinajstić information content (AvgIpc) is 3.63. The third-order valence-corrected chi connectivity index (χ3v) is 13.6. The lowest BCUT2D eigenvalue weighted by atomic mass is 9.98. The van der Waals surface area contributed by atoms with Crippen LogP contribution in [0.25, 0.3) is 0 Å². The molecular formula is C57H109N13O15. The molecule has 0 aromatic heterocycles. The number of nitrogens with two attached hydrogens (primary N) is 2. The van der Waals surface area contributed by atoms with Crippen molar-refractivity contribution < 1.29 is 72.5 Å². The van der Waals surface area contributed by atoms with Gasteiger partial charge < -0.3 is 88.7 Å². The van der Waals surface area contributed by atoms with Gasteiger partial charge in [-0.25, -0.2) is 0 Å². The Balaban J connectivity index is 0. The molecule has 0 spiro atoms. The van der Waals surface area contributed by atoms with Gasteiger partial charge in [0, 0.05) is 83.3 Å². The smallest absolute Gasteiger partial charge is 0.246 e. The average molecular weight is 1220 g/mol. The van der Waals surface area contributed by atoms with Gasteiger partial charge in [0.2, 0.25) is 53.2 Å². The number of carbonyl (C=O) groups is 9. The van der Waals surface area contributed by atoms with Gasteiger partial charge in [-0.3, -0.25) is 43.2 Å². The Morgan fingerprint density at radius 3 is 1.22 bits per heavy atom. The molecule has 0 heterocycles. The quantitative estimate of drug-likeness (QED) is 0.0176. The Hall–Kier alpha value is -6.07. The second kappa shape index (κ2) is 50.1. The van der Waals surface area contributed by atoms with Gasteiger partial charge in [-0.15, -0.1) is 0 Å². The van der Waals surface area contributed by atoms with Crippen molar-refractivity contribution in [1.82, 2.24) is 47.9 Å². The lowest BCUT2D eigenvalue weighted by Gasteiger charge is -2.32. The van der Waals surface area contributed by atoms with Gasteiger partial charge in [-0.1, -0.05) is 50.8 Å². The van der Waals surface area contributed by atoms with Gasteiger partial charge in [0.25, 0.3) is 0 Å². The van der Waals surface area contributed by atoms with Gasteiger partial charge >= 0.3 is 0 Å². The minimum atomic E-state index is -0.876. The molecular weight excluding hydrogens is 1110 g/mol. The zero-order valence-corrected chi connectivity index (χ0v) is 52.8. The summed E-state index contributed by atoms with van der Waals surface area (Å²) in [5.74, 6) is -3.34. The molecule has 28 heteroatoms. The number of unbranched alkanes of at least 4 members (excludes halogenated alkanes) is 3. The second-order valence-corrected chi connectivity index (χ2v) is 21.6. The molecule has 85 heavy (non-hydrogen) atoms. The van der Waals surface area contributed by atoms with Crippen molar-refractivity contribution in [3.8, 4) is 0 Å². The van der Waals surface area contributed by atoms with Crippen LogP contribution in [0.2, 0.25) is 0 Å². The third kappa shape index (κ3) is 45.0. The number of amides is 9.